The predicted octanol–water partition coefficient (Wildman–Crippen LogP) is 7.06. The SMILES string of the molecule is FC1=CC2=NC(n3c4c(c5ccc(Cl)cc53)=C=C=C(Cl)C=4)=NC3=NC(n4c5cc(Cl)ccc5c5ccc(Cl)cc54)=NC(=C1)N23. The number of nitrogens with zero attached hydrogens (tertiary/aromatic N) is 7. The number of aromatic nitrogens is 2. The molecule has 0 spiro atoms. The van der Waals surface area contributed by atoms with Gasteiger partial charge in [0.15, 0.2) is 0 Å². The van der Waals surface area contributed by atoms with E-state index in [1.165, 1.54) is 12.2 Å². The van der Waals surface area contributed by atoms with Gasteiger partial charge in [-0.2, -0.15) is 20.0 Å². The van der Waals surface area contributed by atoms with Gasteiger partial charge < -0.3 is 0 Å². The number of amidine groups is 1. The highest BCUT2D eigenvalue weighted by atomic mass is 35.5. The Labute approximate surface area is 266 Å². The molecule has 3 aromatic carbocycles. The van der Waals surface area contributed by atoms with Crippen LogP contribution in [0, 0.1) is 0 Å². The molecule has 7 nitrogen and oxygen atoms in total. The van der Waals surface area contributed by atoms with E-state index in [-0.39, 0.29) is 29.5 Å². The lowest BCUT2D eigenvalue weighted by molar-refractivity contribution is 0.629. The summed E-state index contributed by atoms with van der Waals surface area (Å²) in [5.41, 5.74) is 8.27. The van der Waals surface area contributed by atoms with E-state index < -0.39 is 5.83 Å². The molecule has 4 aliphatic rings. The van der Waals surface area contributed by atoms with Crippen molar-refractivity contribution in [1.29, 1.82) is 0 Å². The van der Waals surface area contributed by atoms with Gasteiger partial charge in [0.25, 0.3) is 0 Å². The van der Waals surface area contributed by atoms with Gasteiger partial charge in [-0.1, -0.05) is 70.3 Å². The Morgan fingerprint density at radius 2 is 1.18 bits per heavy atom. The molecule has 0 atom stereocenters. The van der Waals surface area contributed by atoms with Crippen molar-refractivity contribution in [2.45, 2.75) is 0 Å². The summed E-state index contributed by atoms with van der Waals surface area (Å²) in [6.07, 6.45) is 4.37. The van der Waals surface area contributed by atoms with Gasteiger partial charge in [0.05, 0.1) is 32.2 Å². The fourth-order valence-electron chi connectivity index (χ4n) is 5.89. The molecule has 0 amide bonds. The molecule has 2 aromatic heterocycles. The van der Waals surface area contributed by atoms with Gasteiger partial charge in [0.2, 0.25) is 17.9 Å². The first-order valence-corrected chi connectivity index (χ1v) is 14.7. The van der Waals surface area contributed by atoms with E-state index >= 15 is 4.39 Å². The van der Waals surface area contributed by atoms with Crippen molar-refractivity contribution in [3.05, 3.63) is 115 Å². The van der Waals surface area contributed by atoms with E-state index in [1.807, 2.05) is 47.0 Å². The van der Waals surface area contributed by atoms with Crippen molar-refractivity contribution in [2.75, 3.05) is 0 Å². The molecule has 0 fully saturated rings. The molecule has 210 valence electrons. The van der Waals surface area contributed by atoms with Crippen molar-refractivity contribution >= 4 is 115 Å². The Bertz CT molecular complexity index is 2580. The van der Waals surface area contributed by atoms with Crippen LogP contribution in [0.15, 0.2) is 109 Å². The summed E-state index contributed by atoms with van der Waals surface area (Å²) < 4.78 is 18.8. The van der Waals surface area contributed by atoms with Crippen LogP contribution < -0.4 is 10.6 Å². The summed E-state index contributed by atoms with van der Waals surface area (Å²) in [4.78, 5) is 20.9. The van der Waals surface area contributed by atoms with Crippen LogP contribution >= 0.6 is 46.4 Å². The molecule has 0 bridgehead atoms. The number of allylic oxidation sites excluding steroid dienone is 3. The second kappa shape index (κ2) is 9.18. The van der Waals surface area contributed by atoms with Crippen LogP contribution in [0.4, 0.5) is 4.39 Å². The van der Waals surface area contributed by atoms with Gasteiger partial charge in [-0.05, 0) is 48.2 Å². The molecule has 1 aliphatic carbocycles. The lowest BCUT2D eigenvalue weighted by atomic mass is 10.1. The molecule has 0 saturated heterocycles. The highest BCUT2D eigenvalue weighted by Gasteiger charge is 2.34. The number of hydrogen-bond donors (Lipinski definition) is 0. The van der Waals surface area contributed by atoms with Crippen LogP contribution in [0.2, 0.25) is 15.1 Å². The quantitative estimate of drug-likeness (QED) is 0.165. The molecule has 9 rings (SSSR count). The summed E-state index contributed by atoms with van der Waals surface area (Å²) in [5, 5.41) is 6.09. The zero-order valence-electron chi connectivity index (χ0n) is 21.9. The average molecular weight is 655 g/mol. The molecule has 5 heterocycles. The van der Waals surface area contributed by atoms with E-state index in [9.17, 15) is 0 Å². The molecule has 0 unspecified atom stereocenters. The van der Waals surface area contributed by atoms with E-state index in [0.29, 0.717) is 31.0 Å². The van der Waals surface area contributed by atoms with Crippen molar-refractivity contribution < 1.29 is 4.39 Å². The van der Waals surface area contributed by atoms with Gasteiger partial charge in [0.1, 0.15) is 17.5 Å². The van der Waals surface area contributed by atoms with Gasteiger partial charge in [-0.15, -0.1) is 0 Å². The number of hydrogen-bond acceptors (Lipinski definition) is 5. The zero-order valence-corrected chi connectivity index (χ0v) is 25.0. The highest BCUT2D eigenvalue weighted by Crippen LogP contribution is 2.35. The summed E-state index contributed by atoms with van der Waals surface area (Å²) in [6.45, 7) is 0. The molecule has 0 saturated carbocycles. The van der Waals surface area contributed by atoms with Crippen LogP contribution in [0.3, 0.4) is 0 Å². The summed E-state index contributed by atoms with van der Waals surface area (Å²) in [7, 11) is 0. The average Bonchev–Trinajstić information content (AvgIpc) is 3.46. The van der Waals surface area contributed by atoms with Crippen LogP contribution in [-0.4, -0.2) is 37.7 Å². The number of aliphatic imine (C=N–C) groups is 4. The molecule has 0 N–H and O–H groups in total. The minimum absolute atomic E-state index is 0.229. The smallest absolute Gasteiger partial charge is 0.243 e. The molecular formula is C32H12Cl4FN7. The van der Waals surface area contributed by atoms with Gasteiger partial charge in [0, 0.05) is 43.4 Å². The number of guanidine groups is 1. The standard InChI is InChI=1S/C32H12Cl4FN7/c33-15-1-5-20-21-6-2-16(34)10-25(21)42(24(20)9-15)30-38-28-13-19(37)14-29-39-31(41-32(40-30)44(28)29)43-26-11-17(35)3-7-22(26)23-8-4-18(36)12-27(23)43/h1-3,5-7,9-14H. The van der Waals surface area contributed by atoms with Crippen molar-refractivity contribution in [3.8, 4) is 0 Å². The summed E-state index contributed by atoms with van der Waals surface area (Å²) in [6, 6.07) is 16.7. The second-order valence-corrected chi connectivity index (χ2v) is 11.9. The van der Waals surface area contributed by atoms with Crippen molar-refractivity contribution in [3.63, 3.8) is 0 Å². The van der Waals surface area contributed by atoms with E-state index in [1.54, 1.807) is 27.7 Å². The Kier molecular flexibility index (Phi) is 5.38. The first-order chi connectivity index (χ1) is 21.3. The third-order valence-corrected chi connectivity index (χ3v) is 8.56. The topological polar surface area (TPSA) is 62.5 Å². The van der Waals surface area contributed by atoms with Crippen LogP contribution in [-0.2, 0) is 0 Å². The summed E-state index contributed by atoms with van der Waals surface area (Å²) in [5.74, 6) is 0.718. The molecule has 12 heteroatoms. The Balaban J connectivity index is 1.34. The minimum Gasteiger partial charge on any atom is -0.278 e. The fraction of sp³-hybridized carbons (Fsp3) is 0. The van der Waals surface area contributed by atoms with Crippen molar-refractivity contribution in [1.82, 2.24) is 14.0 Å². The summed E-state index contributed by atoms with van der Waals surface area (Å²) >= 11 is 25.7. The second-order valence-electron chi connectivity index (χ2n) is 10.2. The predicted molar refractivity (Wildman–Crippen MR) is 176 cm³/mol. The normalized spacial score (nSPS) is 16.8. The largest absolute Gasteiger partial charge is 0.278 e. The third kappa shape index (κ3) is 3.71. The Morgan fingerprint density at radius 3 is 1.86 bits per heavy atom. The lowest BCUT2D eigenvalue weighted by Crippen LogP contribution is -2.45. The van der Waals surface area contributed by atoms with E-state index in [4.69, 9.17) is 66.4 Å². The molecular weight excluding hydrogens is 643 g/mol. The molecule has 44 heavy (non-hydrogen) atoms. The van der Waals surface area contributed by atoms with Crippen LogP contribution in [0.25, 0.3) is 44.5 Å². The van der Waals surface area contributed by atoms with Crippen molar-refractivity contribution in [2.24, 2.45) is 20.0 Å². The number of fused-ring (bicyclic) bond motifs is 6. The molecule has 5 aromatic rings. The fourth-order valence-corrected chi connectivity index (χ4v) is 6.54. The Hall–Kier alpha value is -4.65. The monoisotopic (exact) mass is 653 g/mol. The van der Waals surface area contributed by atoms with Gasteiger partial charge >= 0.3 is 0 Å². The maximum atomic E-state index is 15.1. The Morgan fingerprint density at radius 1 is 0.591 bits per heavy atom. The first kappa shape index (κ1) is 25.8. The molecule has 3 aliphatic heterocycles. The highest BCUT2D eigenvalue weighted by molar-refractivity contribution is 6.35. The van der Waals surface area contributed by atoms with E-state index in [0.717, 1.165) is 32.4 Å². The zero-order chi connectivity index (χ0) is 29.9. The van der Waals surface area contributed by atoms with Crippen LogP contribution in [0.5, 0.6) is 0 Å². The number of halogens is 5. The minimum atomic E-state index is -0.523. The van der Waals surface area contributed by atoms with Gasteiger partial charge in [-0.3, -0.25) is 9.13 Å². The number of rotatable bonds is 0. The van der Waals surface area contributed by atoms with E-state index in [2.05, 4.69) is 11.5 Å². The van der Waals surface area contributed by atoms with Crippen LogP contribution in [0.1, 0.15) is 0 Å². The first-order valence-electron chi connectivity index (χ1n) is 13.2. The number of benzene rings is 3. The maximum absolute atomic E-state index is 15.1. The maximum Gasteiger partial charge on any atom is 0.243 e. The lowest BCUT2D eigenvalue weighted by Gasteiger charge is -2.31. The molecule has 0 radical (unpaired) electrons. The van der Waals surface area contributed by atoms with Gasteiger partial charge in [-0.25, -0.2) is 9.29 Å². The third-order valence-electron chi connectivity index (χ3n) is 7.65.